The third kappa shape index (κ3) is 6.73. The van der Waals surface area contributed by atoms with Crippen molar-refractivity contribution in [3.05, 3.63) is 11.6 Å². The minimum Gasteiger partial charge on any atom is -0.351 e. The van der Waals surface area contributed by atoms with Crippen LogP contribution in [0.25, 0.3) is 0 Å². The maximum absolute atomic E-state index is 15.3. The van der Waals surface area contributed by atoms with Crippen molar-refractivity contribution in [1.29, 1.82) is 0 Å². The van der Waals surface area contributed by atoms with Gasteiger partial charge in [0, 0.05) is 32.6 Å². The fourth-order valence-corrected chi connectivity index (χ4v) is 4.61. The molecule has 3 rings (SSSR count). The lowest BCUT2D eigenvalue weighted by molar-refractivity contribution is -0.154. The number of aromatic nitrogens is 2. The van der Waals surface area contributed by atoms with Gasteiger partial charge < -0.3 is 9.80 Å². The van der Waals surface area contributed by atoms with E-state index in [1.54, 1.807) is 0 Å². The molecule has 0 radical (unpaired) electrons. The number of hydrazine groups is 1. The number of anilines is 2. The zero-order valence-corrected chi connectivity index (χ0v) is 19.6. The molecule has 1 unspecified atom stereocenters. The average molecular weight is 466 g/mol. The molecule has 1 saturated carbocycles. The number of hydrogen-bond donors (Lipinski definition) is 3. The quantitative estimate of drug-likeness (QED) is 0.258. The van der Waals surface area contributed by atoms with Crippen LogP contribution in [-0.4, -0.2) is 76.7 Å². The van der Waals surface area contributed by atoms with Gasteiger partial charge in [-0.15, -0.1) is 0 Å². The van der Waals surface area contributed by atoms with Crippen molar-refractivity contribution in [1.82, 2.24) is 25.4 Å². The molecule has 2 aliphatic rings. The Hall–Kier alpha value is -2.53. The molecule has 3 N–H and O–H groups in total. The summed E-state index contributed by atoms with van der Waals surface area (Å²) in [5, 5.41) is 10.1. The number of carbonyl (C=O) groups is 2. The number of carbonyl (C=O) groups excluding carboxylic acids is 2. The van der Waals surface area contributed by atoms with Crippen LogP contribution in [0.2, 0.25) is 0 Å². The van der Waals surface area contributed by atoms with Crippen LogP contribution in [0.1, 0.15) is 51.8 Å². The maximum atomic E-state index is 15.3. The van der Waals surface area contributed by atoms with Crippen molar-refractivity contribution in [3.8, 4) is 0 Å². The maximum Gasteiger partial charge on any atom is 0.243 e. The summed E-state index contributed by atoms with van der Waals surface area (Å²) in [5.74, 6) is -0.646. The fourth-order valence-electron chi connectivity index (χ4n) is 4.61. The number of likely N-dealkylation sites (N-methyl/N-ethyl adjacent to an activating group) is 1. The molecule has 1 atom stereocenters. The van der Waals surface area contributed by atoms with E-state index >= 15 is 4.39 Å². The van der Waals surface area contributed by atoms with Gasteiger partial charge in [0.2, 0.25) is 18.1 Å². The van der Waals surface area contributed by atoms with Crippen molar-refractivity contribution in [3.63, 3.8) is 0 Å². The standard InChI is InChI=1S/C22H36FN7O3/c1-3-18-24-20(19(23)21(25-18)29-11-9-28(4-2)10-12-29)26-27-22(32)17(14-30(33)15-31)13-16-7-5-6-8-16/h15-17,33H,3-14H2,1-2H3,(H,27,32)(H,24,25,26). The van der Waals surface area contributed by atoms with E-state index < -0.39 is 17.6 Å². The highest BCUT2D eigenvalue weighted by atomic mass is 19.1. The van der Waals surface area contributed by atoms with Crippen molar-refractivity contribution < 1.29 is 19.2 Å². The van der Waals surface area contributed by atoms with Crippen LogP contribution < -0.4 is 15.8 Å². The number of aryl methyl sites for hydroxylation is 1. The van der Waals surface area contributed by atoms with Crippen LogP contribution in [0.4, 0.5) is 16.0 Å². The van der Waals surface area contributed by atoms with Crippen LogP contribution in [-0.2, 0) is 16.0 Å². The zero-order valence-electron chi connectivity index (χ0n) is 19.6. The summed E-state index contributed by atoms with van der Waals surface area (Å²) in [6.07, 6.45) is 5.65. The summed E-state index contributed by atoms with van der Waals surface area (Å²) in [6, 6.07) is 0. The molecule has 1 aromatic heterocycles. The monoisotopic (exact) mass is 465 g/mol. The number of hydrogen-bond acceptors (Lipinski definition) is 8. The largest absolute Gasteiger partial charge is 0.351 e. The predicted molar refractivity (Wildman–Crippen MR) is 122 cm³/mol. The van der Waals surface area contributed by atoms with E-state index in [2.05, 4.69) is 32.6 Å². The minimum absolute atomic E-state index is 0.0843. The number of nitrogens with one attached hydrogen (secondary N) is 2. The number of amides is 2. The topological polar surface area (TPSA) is 114 Å². The Balaban J connectivity index is 1.70. The lowest BCUT2D eigenvalue weighted by atomic mass is 9.92. The molecule has 0 aromatic carbocycles. The molecule has 0 spiro atoms. The lowest BCUT2D eigenvalue weighted by Gasteiger charge is -2.35. The van der Waals surface area contributed by atoms with Gasteiger partial charge in [0.1, 0.15) is 5.82 Å². The summed E-state index contributed by atoms with van der Waals surface area (Å²) in [6.45, 7) is 7.82. The number of rotatable bonds is 11. The summed E-state index contributed by atoms with van der Waals surface area (Å²) in [5.41, 5.74) is 5.17. The van der Waals surface area contributed by atoms with Gasteiger partial charge in [0.25, 0.3) is 0 Å². The Morgan fingerprint density at radius 1 is 1.24 bits per heavy atom. The summed E-state index contributed by atoms with van der Waals surface area (Å²) >= 11 is 0. The third-order valence-corrected chi connectivity index (χ3v) is 6.61. The highest BCUT2D eigenvalue weighted by molar-refractivity contribution is 5.80. The van der Waals surface area contributed by atoms with Crippen LogP contribution in [0.3, 0.4) is 0 Å². The number of nitrogens with zero attached hydrogens (tertiary/aromatic N) is 5. The van der Waals surface area contributed by atoms with Crippen LogP contribution in [0.15, 0.2) is 0 Å². The predicted octanol–water partition coefficient (Wildman–Crippen LogP) is 1.81. The van der Waals surface area contributed by atoms with Crippen molar-refractivity contribution in [2.24, 2.45) is 11.8 Å². The van der Waals surface area contributed by atoms with Crippen LogP contribution in [0, 0.1) is 17.7 Å². The summed E-state index contributed by atoms with van der Waals surface area (Å²) < 4.78 is 15.3. The molecule has 184 valence electrons. The molecule has 2 heterocycles. The van der Waals surface area contributed by atoms with Gasteiger partial charge in [-0.2, -0.15) is 4.39 Å². The summed E-state index contributed by atoms with van der Waals surface area (Å²) in [4.78, 5) is 36.6. The van der Waals surface area contributed by atoms with E-state index in [0.29, 0.717) is 42.7 Å². The molecule has 1 saturated heterocycles. The molecule has 2 amide bonds. The molecule has 1 aliphatic carbocycles. The molecule has 1 aliphatic heterocycles. The molecule has 0 bridgehead atoms. The van der Waals surface area contributed by atoms with Gasteiger partial charge in [-0.25, -0.2) is 15.0 Å². The highest BCUT2D eigenvalue weighted by Gasteiger charge is 2.28. The molecule has 1 aromatic rings. The Morgan fingerprint density at radius 3 is 2.55 bits per heavy atom. The minimum atomic E-state index is -0.618. The van der Waals surface area contributed by atoms with Crippen LogP contribution in [0.5, 0.6) is 0 Å². The Bertz CT molecular complexity index is 798. The van der Waals surface area contributed by atoms with Gasteiger partial charge in [-0.1, -0.05) is 39.5 Å². The molecule has 2 fully saturated rings. The van der Waals surface area contributed by atoms with Gasteiger partial charge in [0.15, 0.2) is 11.6 Å². The van der Waals surface area contributed by atoms with Crippen LogP contribution >= 0.6 is 0 Å². The Labute approximate surface area is 194 Å². The second kappa shape index (κ2) is 12.1. The number of hydroxylamine groups is 2. The van der Waals surface area contributed by atoms with E-state index in [9.17, 15) is 14.8 Å². The first-order valence-corrected chi connectivity index (χ1v) is 12.0. The van der Waals surface area contributed by atoms with E-state index in [0.717, 1.165) is 45.3 Å². The van der Waals surface area contributed by atoms with E-state index in [-0.39, 0.29) is 24.6 Å². The first kappa shape index (κ1) is 25.1. The normalized spacial score (nSPS) is 18.2. The van der Waals surface area contributed by atoms with E-state index in [1.807, 2.05) is 11.8 Å². The first-order chi connectivity index (χ1) is 15.9. The van der Waals surface area contributed by atoms with Gasteiger partial charge in [-0.05, 0) is 18.9 Å². The molecular formula is C22H36FN7O3. The third-order valence-electron chi connectivity index (χ3n) is 6.61. The first-order valence-electron chi connectivity index (χ1n) is 12.0. The van der Waals surface area contributed by atoms with Gasteiger partial charge in [0.05, 0.1) is 12.5 Å². The van der Waals surface area contributed by atoms with Gasteiger partial charge in [-0.3, -0.25) is 25.6 Å². The fraction of sp³-hybridized carbons (Fsp3) is 0.727. The second-order valence-corrected chi connectivity index (χ2v) is 8.83. The smallest absolute Gasteiger partial charge is 0.243 e. The highest BCUT2D eigenvalue weighted by Crippen LogP contribution is 2.31. The Morgan fingerprint density at radius 2 is 1.94 bits per heavy atom. The summed E-state index contributed by atoms with van der Waals surface area (Å²) in [7, 11) is 0. The lowest BCUT2D eigenvalue weighted by Crippen LogP contribution is -2.47. The molecule has 10 nitrogen and oxygen atoms in total. The zero-order chi connectivity index (χ0) is 23.8. The molecular weight excluding hydrogens is 429 g/mol. The number of piperazine rings is 1. The van der Waals surface area contributed by atoms with E-state index in [4.69, 9.17) is 0 Å². The SMILES string of the molecule is CCc1nc(NNC(=O)C(CC2CCCC2)CN(O)C=O)c(F)c(N2CCN(CC)CC2)n1. The molecule has 33 heavy (non-hydrogen) atoms. The number of halogens is 1. The van der Waals surface area contributed by atoms with E-state index in [1.165, 1.54) is 0 Å². The molecule has 11 heteroatoms. The van der Waals surface area contributed by atoms with Crippen molar-refractivity contribution in [2.75, 3.05) is 49.6 Å². The second-order valence-electron chi connectivity index (χ2n) is 8.83. The Kier molecular flexibility index (Phi) is 9.19. The van der Waals surface area contributed by atoms with Gasteiger partial charge >= 0.3 is 0 Å². The van der Waals surface area contributed by atoms with Crippen molar-refractivity contribution in [2.45, 2.75) is 52.4 Å². The average Bonchev–Trinajstić information content (AvgIpc) is 3.36. The van der Waals surface area contributed by atoms with Crippen molar-refractivity contribution >= 4 is 24.0 Å².